The van der Waals surface area contributed by atoms with E-state index in [0.29, 0.717) is 18.0 Å². The number of benzene rings is 1. The number of anilines is 1. The molecule has 0 bridgehead atoms. The predicted molar refractivity (Wildman–Crippen MR) is 155 cm³/mol. The van der Waals surface area contributed by atoms with E-state index in [-0.39, 0.29) is 0 Å². The smallest absolute Gasteiger partial charge is 0.223 e. The molecule has 0 unspecified atom stereocenters. The Balaban J connectivity index is 1.23. The summed E-state index contributed by atoms with van der Waals surface area (Å²) in [6.07, 6.45) is 21.7. The fourth-order valence-electron chi connectivity index (χ4n) is 6.14. The van der Waals surface area contributed by atoms with Gasteiger partial charge >= 0.3 is 0 Å². The minimum absolute atomic E-state index is 0.457. The van der Waals surface area contributed by atoms with Crippen molar-refractivity contribution in [3.05, 3.63) is 60.2 Å². The molecule has 2 aromatic heterocycles. The van der Waals surface area contributed by atoms with Crippen LogP contribution < -0.4 is 15.4 Å². The van der Waals surface area contributed by atoms with E-state index in [1.807, 2.05) is 12.3 Å². The van der Waals surface area contributed by atoms with Gasteiger partial charge in [-0.15, -0.1) is 0 Å². The Morgan fingerprint density at radius 2 is 1.59 bits per heavy atom. The Bertz CT molecular complexity index is 1360. The van der Waals surface area contributed by atoms with Crippen molar-refractivity contribution >= 4 is 12.1 Å². The summed E-state index contributed by atoms with van der Waals surface area (Å²) in [5.41, 5.74) is 5.12. The lowest BCUT2D eigenvalue weighted by Gasteiger charge is -2.16. The van der Waals surface area contributed by atoms with Crippen LogP contribution in [-0.2, 0) is 6.42 Å². The number of imidazole rings is 1. The molecule has 3 aromatic rings. The van der Waals surface area contributed by atoms with Gasteiger partial charge in [-0.05, 0) is 86.9 Å². The zero-order valence-electron chi connectivity index (χ0n) is 22.6. The van der Waals surface area contributed by atoms with Crippen molar-refractivity contribution in [2.45, 2.75) is 82.7 Å². The molecule has 3 fully saturated rings. The molecule has 0 amide bonds. The Hall–Kier alpha value is -3.61. The van der Waals surface area contributed by atoms with Crippen molar-refractivity contribution < 1.29 is 4.74 Å². The zero-order chi connectivity index (χ0) is 26.0. The third-order valence-electron chi connectivity index (χ3n) is 8.51. The molecule has 3 aliphatic carbocycles. The van der Waals surface area contributed by atoms with Crippen LogP contribution in [0, 0.1) is 5.92 Å². The molecule has 0 spiro atoms. The van der Waals surface area contributed by atoms with Gasteiger partial charge in [-0.1, -0.05) is 25.7 Å². The van der Waals surface area contributed by atoms with E-state index < -0.39 is 0 Å². The predicted octanol–water partition coefficient (Wildman–Crippen LogP) is 6.59. The van der Waals surface area contributed by atoms with Crippen LogP contribution in [0.3, 0.4) is 0 Å². The minimum Gasteiger partial charge on any atom is -0.493 e. The highest BCUT2D eigenvalue weighted by atomic mass is 16.5. The lowest BCUT2D eigenvalue weighted by molar-refractivity contribution is 0.300. The summed E-state index contributed by atoms with van der Waals surface area (Å²) in [5, 5.41) is 7.37. The van der Waals surface area contributed by atoms with Gasteiger partial charge in [-0.3, -0.25) is 0 Å². The Kier molecular flexibility index (Phi) is 6.81. The van der Waals surface area contributed by atoms with Gasteiger partial charge in [0.25, 0.3) is 0 Å². The summed E-state index contributed by atoms with van der Waals surface area (Å²) in [6.45, 7) is 0.814. The van der Waals surface area contributed by atoms with Crippen LogP contribution in [-0.4, -0.2) is 38.2 Å². The average molecular weight is 523 g/mol. The molecule has 3 heterocycles. The van der Waals surface area contributed by atoms with E-state index in [0.717, 1.165) is 53.2 Å². The summed E-state index contributed by atoms with van der Waals surface area (Å²) < 4.78 is 8.23. The monoisotopic (exact) mass is 522 g/mol. The van der Waals surface area contributed by atoms with Gasteiger partial charge in [0.2, 0.25) is 5.95 Å². The maximum atomic E-state index is 6.01. The summed E-state index contributed by atoms with van der Waals surface area (Å²) in [6, 6.07) is 11.4. The topological polar surface area (TPSA) is 76.9 Å². The van der Waals surface area contributed by atoms with Crippen molar-refractivity contribution in [3.63, 3.8) is 0 Å². The van der Waals surface area contributed by atoms with Crippen LogP contribution in [0.1, 0.15) is 70.0 Å². The summed E-state index contributed by atoms with van der Waals surface area (Å²) >= 11 is 0. The van der Waals surface area contributed by atoms with Gasteiger partial charge in [-0.2, -0.15) is 0 Å². The molecule has 0 atom stereocenters. The quantitative estimate of drug-likeness (QED) is 0.330. The molecule has 39 heavy (non-hydrogen) atoms. The molecular formula is C32H38N6O. The highest BCUT2D eigenvalue weighted by Crippen LogP contribution is 2.36. The number of allylic oxidation sites excluding steroid dienone is 3. The number of hydrogen-bond acceptors (Lipinski definition) is 6. The van der Waals surface area contributed by atoms with Gasteiger partial charge in [0.1, 0.15) is 11.6 Å². The van der Waals surface area contributed by atoms with Gasteiger partial charge in [0, 0.05) is 42.2 Å². The number of nitrogens with zero attached hydrogens (tertiary/aromatic N) is 4. The van der Waals surface area contributed by atoms with E-state index >= 15 is 0 Å². The molecule has 202 valence electrons. The number of nitrogens with one attached hydrogen (secondary N) is 2. The summed E-state index contributed by atoms with van der Waals surface area (Å²) in [7, 11) is 0. The van der Waals surface area contributed by atoms with Crippen molar-refractivity contribution in [1.29, 1.82) is 0 Å². The maximum absolute atomic E-state index is 6.01. The Morgan fingerprint density at radius 1 is 0.846 bits per heavy atom. The fourth-order valence-corrected chi connectivity index (χ4v) is 6.14. The van der Waals surface area contributed by atoms with Crippen molar-refractivity contribution in [2.75, 3.05) is 11.9 Å². The number of hydrogen-bond donors (Lipinski definition) is 2. The molecule has 1 aliphatic heterocycles. The first-order valence-electron chi connectivity index (χ1n) is 14.9. The molecule has 2 N–H and O–H groups in total. The van der Waals surface area contributed by atoms with E-state index in [1.54, 1.807) is 0 Å². The van der Waals surface area contributed by atoms with Crippen molar-refractivity contribution in [2.24, 2.45) is 5.92 Å². The lowest BCUT2D eigenvalue weighted by Crippen LogP contribution is -2.26. The van der Waals surface area contributed by atoms with Crippen LogP contribution in [0.4, 0.5) is 5.95 Å². The lowest BCUT2D eigenvalue weighted by atomic mass is 10.1. The second kappa shape index (κ2) is 10.9. The van der Waals surface area contributed by atoms with E-state index in [4.69, 9.17) is 14.7 Å². The molecule has 7 rings (SSSR count). The summed E-state index contributed by atoms with van der Waals surface area (Å²) in [5.74, 6) is 3.37. The largest absolute Gasteiger partial charge is 0.493 e. The third kappa shape index (κ3) is 5.58. The molecule has 0 saturated heterocycles. The first-order chi connectivity index (χ1) is 19.3. The van der Waals surface area contributed by atoms with Crippen LogP contribution in [0.2, 0.25) is 0 Å². The molecular weight excluding hydrogens is 484 g/mol. The second-order valence-corrected chi connectivity index (χ2v) is 11.6. The third-order valence-corrected chi connectivity index (χ3v) is 8.51. The first kappa shape index (κ1) is 24.4. The molecule has 3 saturated carbocycles. The van der Waals surface area contributed by atoms with Gasteiger partial charge in [-0.25, -0.2) is 15.0 Å². The van der Waals surface area contributed by atoms with Crippen LogP contribution in [0.25, 0.3) is 28.8 Å². The fraction of sp³-hybridized carbons (Fsp3) is 0.469. The molecule has 0 radical (unpaired) electrons. The van der Waals surface area contributed by atoms with Gasteiger partial charge in [0.05, 0.1) is 23.7 Å². The molecule has 7 heteroatoms. The van der Waals surface area contributed by atoms with Crippen LogP contribution >= 0.6 is 0 Å². The highest BCUT2D eigenvalue weighted by Gasteiger charge is 2.25. The normalized spacial score (nSPS) is 19.5. The number of aromatic nitrogens is 4. The maximum Gasteiger partial charge on any atom is 0.223 e. The first-order valence-corrected chi connectivity index (χ1v) is 14.9. The van der Waals surface area contributed by atoms with Gasteiger partial charge < -0.3 is 19.9 Å². The van der Waals surface area contributed by atoms with E-state index in [2.05, 4.69) is 62.8 Å². The molecule has 1 aromatic carbocycles. The Morgan fingerprint density at radius 3 is 2.33 bits per heavy atom. The van der Waals surface area contributed by atoms with Crippen LogP contribution in [0.5, 0.6) is 5.75 Å². The summed E-state index contributed by atoms with van der Waals surface area (Å²) in [4.78, 5) is 14.8. The minimum atomic E-state index is 0.457. The molecule has 4 aliphatic rings. The number of ether oxygens (including phenoxy) is 1. The second-order valence-electron chi connectivity index (χ2n) is 11.6. The molecule has 7 nitrogen and oxygen atoms in total. The number of fused-ring (bicyclic) bond motifs is 1. The highest BCUT2D eigenvalue weighted by molar-refractivity contribution is 5.79. The standard InChI is InChI=1S/C32H38N6O/c1-2-7-24(6-1)34-26-10-5-19-38-29(20-26)37-30(23-13-15-27(16-14-23)39-21-22-11-12-22)31(38)28-17-18-33-32(36-28)35-25-8-3-4-9-25/h5,10,13-19,22,24-25,34H,1-4,6-9,11-12,20-21H2,(H,33,35,36). The Labute approximate surface area is 230 Å². The zero-order valence-corrected chi connectivity index (χ0v) is 22.6. The van der Waals surface area contributed by atoms with Crippen LogP contribution in [0.15, 0.2) is 54.4 Å². The van der Waals surface area contributed by atoms with E-state index in [9.17, 15) is 0 Å². The average Bonchev–Trinajstić information content (AvgIpc) is 3.28. The van der Waals surface area contributed by atoms with Crippen molar-refractivity contribution in [1.82, 2.24) is 24.8 Å². The van der Waals surface area contributed by atoms with Crippen molar-refractivity contribution in [3.8, 4) is 28.4 Å². The van der Waals surface area contributed by atoms with E-state index in [1.165, 1.54) is 69.9 Å². The van der Waals surface area contributed by atoms with Gasteiger partial charge in [0.15, 0.2) is 0 Å². The SMILES string of the molecule is C1=Cn2c(nc(-c3ccc(OCC4CC4)cc3)c2-c2ccnc(NC3CCCC3)n2)CC(NC2CCCC2)=C1. The number of rotatable bonds is 9.